The lowest BCUT2D eigenvalue weighted by Crippen LogP contribution is -2.48. The minimum absolute atomic E-state index is 0.0154. The molecule has 8 heteroatoms. The van der Waals surface area contributed by atoms with Crippen LogP contribution in [0, 0.1) is 5.82 Å². The molecule has 1 saturated heterocycles. The zero-order valence-electron chi connectivity index (χ0n) is 14.8. The summed E-state index contributed by atoms with van der Waals surface area (Å²) < 4.78 is 18.9. The number of carbonyl (C=O) groups excluding carboxylic acids is 2. The standard InChI is InChI=1S/C19H21ClFN3O3/c20-15-3-1-4-16(21)14(15)13-23-8-10-24(11-9-23)18(25)6-7-22-19(26)17-5-2-12-27-17/h1-5,12H,6-11,13H2,(H,22,26). The molecule has 1 aliphatic heterocycles. The van der Waals surface area contributed by atoms with Crippen LogP contribution in [0.5, 0.6) is 0 Å². The van der Waals surface area contributed by atoms with Crippen molar-refractivity contribution in [2.75, 3.05) is 32.7 Å². The molecule has 1 fully saturated rings. The van der Waals surface area contributed by atoms with Crippen molar-refractivity contribution in [3.05, 3.63) is 58.8 Å². The fourth-order valence-corrected chi connectivity index (χ4v) is 3.22. The Kier molecular flexibility index (Phi) is 6.47. The summed E-state index contributed by atoms with van der Waals surface area (Å²) in [5, 5.41) is 3.08. The first-order valence-electron chi connectivity index (χ1n) is 8.79. The van der Waals surface area contributed by atoms with Gasteiger partial charge in [-0.1, -0.05) is 17.7 Å². The summed E-state index contributed by atoms with van der Waals surface area (Å²) in [6, 6.07) is 7.86. The number of furan rings is 1. The zero-order chi connectivity index (χ0) is 19.2. The molecule has 144 valence electrons. The Morgan fingerprint density at radius 3 is 2.59 bits per heavy atom. The first kappa shape index (κ1) is 19.4. The second kappa shape index (κ2) is 9.01. The number of piperazine rings is 1. The summed E-state index contributed by atoms with van der Waals surface area (Å²) in [6.07, 6.45) is 1.65. The van der Waals surface area contributed by atoms with Crippen LogP contribution in [0.1, 0.15) is 22.5 Å². The van der Waals surface area contributed by atoms with Crippen molar-refractivity contribution in [1.82, 2.24) is 15.1 Å². The number of benzene rings is 1. The summed E-state index contributed by atoms with van der Waals surface area (Å²) in [6.45, 7) is 3.11. The molecular formula is C19H21ClFN3O3. The molecule has 0 atom stereocenters. The number of amides is 2. The van der Waals surface area contributed by atoms with E-state index in [0.29, 0.717) is 43.3 Å². The lowest BCUT2D eigenvalue weighted by atomic mass is 10.1. The maximum absolute atomic E-state index is 13.9. The molecule has 0 spiro atoms. The van der Waals surface area contributed by atoms with Gasteiger partial charge in [-0.3, -0.25) is 14.5 Å². The van der Waals surface area contributed by atoms with Crippen LogP contribution in [0.4, 0.5) is 4.39 Å². The van der Waals surface area contributed by atoms with Crippen molar-refractivity contribution < 1.29 is 18.4 Å². The summed E-state index contributed by atoms with van der Waals surface area (Å²) in [7, 11) is 0. The minimum Gasteiger partial charge on any atom is -0.459 e. The van der Waals surface area contributed by atoms with Crippen molar-refractivity contribution in [3.8, 4) is 0 Å². The zero-order valence-corrected chi connectivity index (χ0v) is 15.5. The van der Waals surface area contributed by atoms with Crippen molar-refractivity contribution in [2.24, 2.45) is 0 Å². The van der Waals surface area contributed by atoms with Crippen LogP contribution >= 0.6 is 11.6 Å². The number of hydrogen-bond donors (Lipinski definition) is 1. The fraction of sp³-hybridized carbons (Fsp3) is 0.368. The molecule has 2 heterocycles. The molecule has 3 rings (SSSR count). The largest absolute Gasteiger partial charge is 0.459 e. The molecule has 1 aromatic carbocycles. The average Bonchev–Trinajstić information content (AvgIpc) is 3.20. The molecule has 27 heavy (non-hydrogen) atoms. The minimum atomic E-state index is -0.334. The van der Waals surface area contributed by atoms with Crippen LogP contribution in [0.15, 0.2) is 41.0 Å². The summed E-state index contributed by atoms with van der Waals surface area (Å²) in [4.78, 5) is 27.9. The van der Waals surface area contributed by atoms with Gasteiger partial charge >= 0.3 is 0 Å². The number of rotatable bonds is 6. The third-order valence-electron chi connectivity index (χ3n) is 4.54. The molecule has 0 unspecified atom stereocenters. The summed E-state index contributed by atoms with van der Waals surface area (Å²) in [5.74, 6) is -0.436. The van der Waals surface area contributed by atoms with Gasteiger partial charge in [0.05, 0.1) is 6.26 Å². The molecule has 1 aliphatic rings. The highest BCUT2D eigenvalue weighted by Crippen LogP contribution is 2.21. The van der Waals surface area contributed by atoms with Crippen molar-refractivity contribution >= 4 is 23.4 Å². The molecule has 2 amide bonds. The van der Waals surface area contributed by atoms with Crippen molar-refractivity contribution in [3.63, 3.8) is 0 Å². The first-order chi connectivity index (χ1) is 13.0. The number of nitrogens with zero attached hydrogens (tertiary/aromatic N) is 2. The van der Waals surface area contributed by atoms with E-state index in [2.05, 4.69) is 10.2 Å². The third-order valence-corrected chi connectivity index (χ3v) is 4.89. The monoisotopic (exact) mass is 393 g/mol. The molecule has 0 aliphatic carbocycles. The van der Waals surface area contributed by atoms with Gasteiger partial charge in [0.25, 0.3) is 5.91 Å². The van der Waals surface area contributed by atoms with Crippen LogP contribution in [-0.2, 0) is 11.3 Å². The molecular weight excluding hydrogens is 373 g/mol. The van der Waals surface area contributed by atoms with Gasteiger partial charge in [0.2, 0.25) is 5.91 Å². The Labute approximate surface area is 161 Å². The smallest absolute Gasteiger partial charge is 0.286 e. The van der Waals surface area contributed by atoms with E-state index in [9.17, 15) is 14.0 Å². The van der Waals surface area contributed by atoms with Gasteiger partial charge in [-0.15, -0.1) is 0 Å². The van der Waals surface area contributed by atoms with E-state index < -0.39 is 0 Å². The fourth-order valence-electron chi connectivity index (χ4n) is 3.00. The molecule has 1 N–H and O–H groups in total. The Morgan fingerprint density at radius 2 is 1.93 bits per heavy atom. The predicted molar refractivity (Wildman–Crippen MR) is 98.9 cm³/mol. The van der Waals surface area contributed by atoms with Gasteiger partial charge in [0.1, 0.15) is 5.82 Å². The highest BCUT2D eigenvalue weighted by atomic mass is 35.5. The SMILES string of the molecule is O=C(NCCC(=O)N1CCN(Cc2c(F)cccc2Cl)CC1)c1ccco1. The molecule has 0 radical (unpaired) electrons. The van der Waals surface area contributed by atoms with Gasteiger partial charge in [-0.05, 0) is 24.3 Å². The maximum atomic E-state index is 13.9. The van der Waals surface area contributed by atoms with Crippen molar-refractivity contribution in [2.45, 2.75) is 13.0 Å². The first-order valence-corrected chi connectivity index (χ1v) is 9.17. The van der Waals surface area contributed by atoms with Crippen LogP contribution in [-0.4, -0.2) is 54.3 Å². The average molecular weight is 394 g/mol. The molecule has 2 aromatic rings. The van der Waals surface area contributed by atoms with E-state index in [1.807, 2.05) is 0 Å². The van der Waals surface area contributed by atoms with E-state index >= 15 is 0 Å². The normalized spacial score (nSPS) is 15.0. The van der Waals surface area contributed by atoms with Gasteiger partial charge in [-0.2, -0.15) is 0 Å². The van der Waals surface area contributed by atoms with Crippen LogP contribution < -0.4 is 5.32 Å². The Hall–Kier alpha value is -2.38. The highest BCUT2D eigenvalue weighted by molar-refractivity contribution is 6.31. The molecule has 0 saturated carbocycles. The number of hydrogen-bond acceptors (Lipinski definition) is 4. The molecule has 1 aromatic heterocycles. The van der Waals surface area contributed by atoms with Gasteiger partial charge in [-0.25, -0.2) is 4.39 Å². The lowest BCUT2D eigenvalue weighted by Gasteiger charge is -2.35. The van der Waals surface area contributed by atoms with E-state index in [1.54, 1.807) is 29.2 Å². The Balaban J connectivity index is 1.41. The highest BCUT2D eigenvalue weighted by Gasteiger charge is 2.22. The molecule has 0 bridgehead atoms. The topological polar surface area (TPSA) is 65.8 Å². The van der Waals surface area contributed by atoms with Gasteiger partial charge < -0.3 is 14.6 Å². The van der Waals surface area contributed by atoms with E-state index in [4.69, 9.17) is 16.0 Å². The maximum Gasteiger partial charge on any atom is 0.286 e. The second-order valence-corrected chi connectivity index (χ2v) is 6.75. The lowest BCUT2D eigenvalue weighted by molar-refractivity contribution is -0.132. The number of halogens is 2. The molecule has 6 nitrogen and oxygen atoms in total. The number of nitrogens with one attached hydrogen (secondary N) is 1. The summed E-state index contributed by atoms with van der Waals surface area (Å²) >= 11 is 6.08. The van der Waals surface area contributed by atoms with Crippen LogP contribution in [0.25, 0.3) is 0 Å². The van der Waals surface area contributed by atoms with Gasteiger partial charge in [0.15, 0.2) is 5.76 Å². The second-order valence-electron chi connectivity index (χ2n) is 6.34. The van der Waals surface area contributed by atoms with Gasteiger partial charge in [0, 0.05) is 56.3 Å². The van der Waals surface area contributed by atoms with Crippen LogP contribution in [0.3, 0.4) is 0 Å². The van der Waals surface area contributed by atoms with E-state index in [-0.39, 0.29) is 36.4 Å². The van der Waals surface area contributed by atoms with E-state index in [1.165, 1.54) is 12.3 Å². The Morgan fingerprint density at radius 1 is 1.15 bits per heavy atom. The predicted octanol–water partition coefficient (Wildman–Crippen LogP) is 2.54. The quantitative estimate of drug-likeness (QED) is 0.819. The summed E-state index contributed by atoms with van der Waals surface area (Å²) in [5.41, 5.74) is 0.486. The third kappa shape index (κ3) is 5.08. The van der Waals surface area contributed by atoms with Crippen LogP contribution in [0.2, 0.25) is 5.02 Å². The Bertz CT molecular complexity index is 769. The van der Waals surface area contributed by atoms with Crippen molar-refractivity contribution in [1.29, 1.82) is 0 Å². The number of carbonyl (C=O) groups is 2. The van der Waals surface area contributed by atoms with E-state index in [0.717, 1.165) is 0 Å².